The smallest absolute Gasteiger partial charge is 0.431 e. The van der Waals surface area contributed by atoms with Crippen LogP contribution < -0.4 is 0 Å². The average Bonchev–Trinajstić information content (AvgIpc) is 2.46. The summed E-state index contributed by atoms with van der Waals surface area (Å²) in [7, 11) is 0. The maximum absolute atomic E-state index is 11.2. The van der Waals surface area contributed by atoms with Crippen molar-refractivity contribution < 1.29 is 19.8 Å². The highest BCUT2D eigenvalue weighted by atomic mass is 16.7. The van der Waals surface area contributed by atoms with E-state index in [2.05, 4.69) is 6.58 Å². The fourth-order valence-corrected chi connectivity index (χ4v) is 1.78. The van der Waals surface area contributed by atoms with Crippen LogP contribution in [0.15, 0.2) is 43.0 Å². The summed E-state index contributed by atoms with van der Waals surface area (Å²) in [6, 6.07) is 8.56. The Labute approximate surface area is 119 Å². The molecule has 2 N–H and O–H groups in total. The molecule has 0 radical (unpaired) electrons. The van der Waals surface area contributed by atoms with Gasteiger partial charge in [-0.25, -0.2) is 4.79 Å². The number of aliphatic hydroxyl groups is 1. The second kappa shape index (κ2) is 7.67. The lowest BCUT2D eigenvalue weighted by Crippen LogP contribution is -2.46. The zero-order chi connectivity index (χ0) is 15.1. The second-order valence-electron chi connectivity index (χ2n) is 4.69. The second-order valence-corrected chi connectivity index (χ2v) is 4.69. The number of amides is 1. The van der Waals surface area contributed by atoms with E-state index in [0.717, 1.165) is 10.6 Å². The highest BCUT2D eigenvalue weighted by Gasteiger charge is 2.29. The summed E-state index contributed by atoms with van der Waals surface area (Å²) < 4.78 is 0. The lowest BCUT2D eigenvalue weighted by molar-refractivity contribution is -0.184. The normalized spacial score (nSPS) is 15.2. The van der Waals surface area contributed by atoms with Gasteiger partial charge in [0.15, 0.2) is 0 Å². The van der Waals surface area contributed by atoms with E-state index in [1.165, 1.54) is 0 Å². The summed E-state index contributed by atoms with van der Waals surface area (Å²) in [4.78, 5) is 16.5. The Balaban J connectivity index is 2.69. The average molecular weight is 279 g/mol. The number of carboxylic acid groups (broad SMARTS) is 1. The molecule has 1 aromatic carbocycles. The van der Waals surface area contributed by atoms with Gasteiger partial charge in [0.25, 0.3) is 0 Å². The first-order valence-corrected chi connectivity index (χ1v) is 6.47. The van der Waals surface area contributed by atoms with Crippen molar-refractivity contribution in [2.75, 3.05) is 0 Å². The molecule has 0 saturated heterocycles. The van der Waals surface area contributed by atoms with Gasteiger partial charge in [-0.05, 0) is 12.5 Å². The van der Waals surface area contributed by atoms with Crippen molar-refractivity contribution in [2.45, 2.75) is 32.6 Å². The predicted molar refractivity (Wildman–Crippen MR) is 75.9 cm³/mol. The summed E-state index contributed by atoms with van der Waals surface area (Å²) in [5.74, 6) is -0.229. The third-order valence-electron chi connectivity index (χ3n) is 3.18. The van der Waals surface area contributed by atoms with Crippen LogP contribution in [0.25, 0.3) is 0 Å². The van der Waals surface area contributed by atoms with E-state index in [9.17, 15) is 15.0 Å². The minimum Gasteiger partial charge on any atom is -0.463 e. The molecule has 0 heterocycles. The third-order valence-corrected chi connectivity index (χ3v) is 3.18. The molecule has 0 fully saturated rings. The first-order chi connectivity index (χ1) is 9.47. The molecule has 0 aliphatic carbocycles. The number of carbonyl (C=O) groups is 1. The molecule has 0 aliphatic heterocycles. The van der Waals surface area contributed by atoms with Crippen molar-refractivity contribution in [3.8, 4) is 0 Å². The van der Waals surface area contributed by atoms with Gasteiger partial charge in [-0.15, -0.1) is 6.58 Å². The van der Waals surface area contributed by atoms with Crippen LogP contribution in [0.2, 0.25) is 0 Å². The number of hydrogen-bond acceptors (Lipinski definition) is 3. The maximum atomic E-state index is 11.2. The highest BCUT2D eigenvalue weighted by Crippen LogP contribution is 2.15. The zero-order valence-corrected chi connectivity index (χ0v) is 11.8. The van der Waals surface area contributed by atoms with Gasteiger partial charge in [-0.1, -0.05) is 43.3 Å². The van der Waals surface area contributed by atoms with Crippen LogP contribution in [0.5, 0.6) is 0 Å². The molecule has 0 spiro atoms. The molecular weight excluding hydrogens is 258 g/mol. The van der Waals surface area contributed by atoms with E-state index in [0.29, 0.717) is 0 Å². The summed E-state index contributed by atoms with van der Waals surface area (Å²) in [6.07, 6.45) is -0.526. The van der Waals surface area contributed by atoms with Crippen LogP contribution in [-0.4, -0.2) is 33.5 Å². The molecule has 0 saturated carbocycles. The molecule has 1 aromatic rings. The number of hydrogen-bond donors (Lipinski definition) is 2. The monoisotopic (exact) mass is 279 g/mol. The SMILES string of the molecule is C=CC(C)C(O)[C@@H](C)N(OCc1ccccc1)C(=O)O. The van der Waals surface area contributed by atoms with Crippen LogP contribution in [0.1, 0.15) is 19.4 Å². The van der Waals surface area contributed by atoms with E-state index < -0.39 is 18.2 Å². The number of benzene rings is 1. The fourth-order valence-electron chi connectivity index (χ4n) is 1.78. The van der Waals surface area contributed by atoms with Crippen LogP contribution >= 0.6 is 0 Å². The van der Waals surface area contributed by atoms with Crippen molar-refractivity contribution in [2.24, 2.45) is 5.92 Å². The fraction of sp³-hybridized carbons (Fsp3) is 0.400. The van der Waals surface area contributed by atoms with Crippen LogP contribution in [0, 0.1) is 5.92 Å². The molecule has 1 amide bonds. The number of rotatable bonds is 7. The molecule has 5 nitrogen and oxygen atoms in total. The maximum Gasteiger partial charge on any atom is 0.431 e. The van der Waals surface area contributed by atoms with Gasteiger partial charge in [0.1, 0.15) is 6.61 Å². The van der Waals surface area contributed by atoms with Gasteiger partial charge in [0.05, 0.1) is 12.1 Å². The minimum absolute atomic E-state index is 0.132. The van der Waals surface area contributed by atoms with Crippen molar-refractivity contribution in [3.63, 3.8) is 0 Å². The molecule has 0 aliphatic rings. The number of nitrogens with zero attached hydrogens (tertiary/aromatic N) is 1. The minimum atomic E-state index is -1.23. The van der Waals surface area contributed by atoms with Gasteiger partial charge in [-0.3, -0.25) is 4.84 Å². The van der Waals surface area contributed by atoms with Crippen molar-refractivity contribution in [1.29, 1.82) is 0 Å². The molecule has 1 rings (SSSR count). The summed E-state index contributed by atoms with van der Waals surface area (Å²) in [6.45, 7) is 7.10. The van der Waals surface area contributed by atoms with Crippen LogP contribution in [-0.2, 0) is 11.4 Å². The molecule has 110 valence electrons. The Bertz CT molecular complexity index is 435. The molecule has 2 unspecified atom stereocenters. The molecule has 3 atom stereocenters. The lowest BCUT2D eigenvalue weighted by atomic mass is 9.99. The van der Waals surface area contributed by atoms with Gasteiger partial charge < -0.3 is 10.2 Å². The lowest BCUT2D eigenvalue weighted by Gasteiger charge is -2.30. The summed E-state index contributed by atoms with van der Waals surface area (Å²) >= 11 is 0. The van der Waals surface area contributed by atoms with E-state index in [4.69, 9.17) is 4.84 Å². The topological polar surface area (TPSA) is 70.0 Å². The van der Waals surface area contributed by atoms with Gasteiger partial charge in [-0.2, -0.15) is 5.06 Å². The number of hydroxylamine groups is 2. The summed E-state index contributed by atoms with van der Waals surface area (Å²) in [5.41, 5.74) is 0.859. The predicted octanol–water partition coefficient (Wildman–Crippen LogP) is 2.67. The zero-order valence-electron chi connectivity index (χ0n) is 11.8. The first-order valence-electron chi connectivity index (χ1n) is 6.47. The van der Waals surface area contributed by atoms with Crippen molar-refractivity contribution >= 4 is 6.09 Å². The van der Waals surface area contributed by atoms with E-state index >= 15 is 0 Å². The highest BCUT2D eigenvalue weighted by molar-refractivity contribution is 5.64. The van der Waals surface area contributed by atoms with Gasteiger partial charge in [0, 0.05) is 5.92 Å². The Hall–Kier alpha value is -1.85. The van der Waals surface area contributed by atoms with E-state index in [1.807, 2.05) is 30.3 Å². The molecule has 5 heteroatoms. The molecule has 20 heavy (non-hydrogen) atoms. The quantitative estimate of drug-likeness (QED) is 0.594. The van der Waals surface area contributed by atoms with E-state index in [-0.39, 0.29) is 12.5 Å². The molecular formula is C15H21NO4. The van der Waals surface area contributed by atoms with Crippen LogP contribution in [0.3, 0.4) is 0 Å². The van der Waals surface area contributed by atoms with Crippen LogP contribution in [0.4, 0.5) is 4.79 Å². The Morgan fingerprint density at radius 3 is 2.50 bits per heavy atom. The Morgan fingerprint density at radius 1 is 1.40 bits per heavy atom. The van der Waals surface area contributed by atoms with Crippen molar-refractivity contribution in [3.05, 3.63) is 48.6 Å². The van der Waals surface area contributed by atoms with Gasteiger partial charge >= 0.3 is 6.09 Å². The van der Waals surface area contributed by atoms with Crippen molar-refractivity contribution in [1.82, 2.24) is 5.06 Å². The largest absolute Gasteiger partial charge is 0.463 e. The molecule has 0 aromatic heterocycles. The van der Waals surface area contributed by atoms with E-state index in [1.54, 1.807) is 19.9 Å². The van der Waals surface area contributed by atoms with Gasteiger partial charge in [0.2, 0.25) is 0 Å². The third kappa shape index (κ3) is 4.36. The Kier molecular flexibility index (Phi) is 6.21. The first kappa shape index (κ1) is 16.2. The number of aliphatic hydroxyl groups excluding tert-OH is 1. The summed E-state index contributed by atoms with van der Waals surface area (Å²) in [5, 5.41) is 20.0. The molecule has 0 bridgehead atoms. The standard InChI is InChI=1S/C15H21NO4/c1-4-11(2)14(17)12(3)16(15(18)19)20-10-13-8-6-5-7-9-13/h4-9,11-12,14,17H,1,10H2,2-3H3,(H,18,19)/t11?,12-,14?/m1/s1. The Morgan fingerprint density at radius 2 is 2.00 bits per heavy atom.